The van der Waals surface area contributed by atoms with Gasteiger partial charge < -0.3 is 24.3 Å². The number of nitrogens with zero attached hydrogens (tertiary/aromatic N) is 3. The Balaban J connectivity index is 1.52. The Morgan fingerprint density at radius 2 is 1.94 bits per heavy atom. The second-order valence-electron chi connectivity index (χ2n) is 7.73. The molecule has 0 saturated carbocycles. The van der Waals surface area contributed by atoms with E-state index in [1.165, 1.54) is 19.4 Å². The number of nitrogens with one attached hydrogen (secondary N) is 1. The number of imidazole rings is 1. The molecule has 1 amide bonds. The molecule has 0 spiro atoms. The van der Waals surface area contributed by atoms with Gasteiger partial charge in [0, 0.05) is 32.4 Å². The minimum Gasteiger partial charge on any atom is -0.489 e. The van der Waals surface area contributed by atoms with Crippen molar-refractivity contribution in [1.29, 1.82) is 0 Å². The topological polar surface area (TPSA) is 102 Å². The van der Waals surface area contributed by atoms with Crippen LogP contribution in [0.1, 0.15) is 34.8 Å². The molecule has 8 nitrogen and oxygen atoms in total. The third-order valence-electron chi connectivity index (χ3n) is 5.32. The summed E-state index contributed by atoms with van der Waals surface area (Å²) in [5.41, 5.74) is -0.894. The summed E-state index contributed by atoms with van der Waals surface area (Å²) in [6.07, 6.45) is -3.26. The predicted octanol–water partition coefficient (Wildman–Crippen LogP) is 3.10. The molecule has 178 valence electrons. The van der Waals surface area contributed by atoms with Crippen LogP contribution in [0.3, 0.4) is 0 Å². The SMILES string of the molecule is Cc1noc(C)c1COc1ccc(CC(=O)NCCC(O)(c2nccn2C)C(F)(F)F)cc1. The molecule has 2 N–H and O–H groups in total. The molecule has 1 aromatic carbocycles. The summed E-state index contributed by atoms with van der Waals surface area (Å²) in [5.74, 6) is 0.269. The lowest BCUT2D eigenvalue weighted by atomic mass is 9.97. The molecule has 3 rings (SSSR count). The summed E-state index contributed by atoms with van der Waals surface area (Å²) >= 11 is 0. The Morgan fingerprint density at radius 3 is 2.48 bits per heavy atom. The van der Waals surface area contributed by atoms with E-state index >= 15 is 0 Å². The fourth-order valence-electron chi connectivity index (χ4n) is 3.34. The fourth-order valence-corrected chi connectivity index (χ4v) is 3.34. The third-order valence-corrected chi connectivity index (χ3v) is 5.32. The number of hydrogen-bond acceptors (Lipinski definition) is 6. The minimum absolute atomic E-state index is 0.0308. The first-order valence-corrected chi connectivity index (χ1v) is 10.2. The van der Waals surface area contributed by atoms with Gasteiger partial charge in [0.15, 0.2) is 0 Å². The van der Waals surface area contributed by atoms with Gasteiger partial charge in [0.05, 0.1) is 17.7 Å². The van der Waals surface area contributed by atoms with E-state index in [2.05, 4.69) is 15.5 Å². The molecule has 1 atom stereocenters. The lowest BCUT2D eigenvalue weighted by molar-refractivity contribution is -0.272. The Kier molecular flexibility index (Phi) is 7.11. The molecule has 2 aromatic heterocycles. The highest BCUT2D eigenvalue weighted by molar-refractivity contribution is 5.78. The summed E-state index contributed by atoms with van der Waals surface area (Å²) in [6, 6.07) is 6.79. The molecular formula is C22H25F3N4O4. The molecule has 0 aliphatic heterocycles. The monoisotopic (exact) mass is 466 g/mol. The van der Waals surface area contributed by atoms with Crippen LogP contribution in [-0.2, 0) is 30.5 Å². The van der Waals surface area contributed by atoms with E-state index in [4.69, 9.17) is 9.26 Å². The van der Waals surface area contributed by atoms with Gasteiger partial charge in [0.2, 0.25) is 11.5 Å². The predicted molar refractivity (Wildman–Crippen MR) is 111 cm³/mol. The van der Waals surface area contributed by atoms with Crippen LogP contribution in [0.15, 0.2) is 41.2 Å². The van der Waals surface area contributed by atoms with Crippen LogP contribution in [0.2, 0.25) is 0 Å². The molecule has 0 saturated heterocycles. The smallest absolute Gasteiger partial charge is 0.424 e. The maximum Gasteiger partial charge on any atom is 0.424 e. The van der Waals surface area contributed by atoms with Crippen LogP contribution in [0, 0.1) is 13.8 Å². The number of aliphatic hydroxyl groups is 1. The first-order chi connectivity index (χ1) is 15.5. The third kappa shape index (κ3) is 5.54. The number of ether oxygens (including phenoxy) is 1. The highest BCUT2D eigenvalue weighted by atomic mass is 19.4. The molecule has 0 aliphatic rings. The number of alkyl halides is 3. The highest BCUT2D eigenvalue weighted by Crippen LogP contribution is 2.40. The Labute approximate surface area is 188 Å². The number of aromatic nitrogens is 3. The number of carbonyl (C=O) groups is 1. The number of hydrogen-bond donors (Lipinski definition) is 2. The van der Waals surface area contributed by atoms with Gasteiger partial charge in [0.25, 0.3) is 0 Å². The summed E-state index contributed by atoms with van der Waals surface area (Å²) in [6.45, 7) is 3.54. The van der Waals surface area contributed by atoms with E-state index < -0.39 is 29.9 Å². The number of benzene rings is 1. The van der Waals surface area contributed by atoms with E-state index in [0.717, 1.165) is 15.8 Å². The first-order valence-electron chi connectivity index (χ1n) is 10.2. The average molecular weight is 466 g/mol. The van der Waals surface area contributed by atoms with Crippen LogP contribution in [-0.4, -0.2) is 38.4 Å². The van der Waals surface area contributed by atoms with Crippen molar-refractivity contribution in [2.45, 2.75) is 45.1 Å². The molecule has 0 fully saturated rings. The standard InChI is InChI=1S/C22H25F3N4O4/c1-14-18(15(2)33-28-14)13-32-17-6-4-16(5-7-17)12-19(30)26-9-8-21(31,22(23,24)25)20-27-10-11-29(20)3/h4-7,10-11,31H,8-9,12-13H2,1-3H3,(H,26,30). The molecule has 0 radical (unpaired) electrons. The lowest BCUT2D eigenvalue weighted by Crippen LogP contribution is -2.46. The van der Waals surface area contributed by atoms with Gasteiger partial charge in [-0.1, -0.05) is 17.3 Å². The Hall–Kier alpha value is -3.34. The largest absolute Gasteiger partial charge is 0.489 e. The molecule has 2 heterocycles. The summed E-state index contributed by atoms with van der Waals surface area (Å²) in [7, 11) is 1.36. The zero-order valence-corrected chi connectivity index (χ0v) is 18.4. The van der Waals surface area contributed by atoms with Crippen LogP contribution in [0.4, 0.5) is 13.2 Å². The van der Waals surface area contributed by atoms with Crippen molar-refractivity contribution >= 4 is 5.91 Å². The van der Waals surface area contributed by atoms with E-state index in [0.29, 0.717) is 23.7 Å². The molecule has 3 aromatic rings. The van der Waals surface area contributed by atoms with Crippen molar-refractivity contribution in [2.24, 2.45) is 7.05 Å². The molecule has 1 unspecified atom stereocenters. The number of carbonyl (C=O) groups excluding carboxylic acids is 1. The van der Waals surface area contributed by atoms with Gasteiger partial charge >= 0.3 is 6.18 Å². The number of halogens is 3. The van der Waals surface area contributed by atoms with Gasteiger partial charge in [-0.3, -0.25) is 4.79 Å². The van der Waals surface area contributed by atoms with Crippen molar-refractivity contribution in [1.82, 2.24) is 20.0 Å². The zero-order valence-electron chi connectivity index (χ0n) is 18.4. The Bertz CT molecular complexity index is 1070. The van der Waals surface area contributed by atoms with Crippen molar-refractivity contribution in [3.63, 3.8) is 0 Å². The molecule has 0 aliphatic carbocycles. The van der Waals surface area contributed by atoms with Gasteiger partial charge in [-0.05, 0) is 31.5 Å². The van der Waals surface area contributed by atoms with E-state index in [1.807, 2.05) is 6.92 Å². The van der Waals surface area contributed by atoms with Crippen LogP contribution >= 0.6 is 0 Å². The average Bonchev–Trinajstić information content (AvgIpc) is 3.32. The van der Waals surface area contributed by atoms with Gasteiger partial charge in [-0.15, -0.1) is 0 Å². The summed E-state index contributed by atoms with van der Waals surface area (Å²) < 4.78 is 52.4. The maximum absolute atomic E-state index is 13.5. The number of amides is 1. The second-order valence-corrected chi connectivity index (χ2v) is 7.73. The number of rotatable bonds is 9. The highest BCUT2D eigenvalue weighted by Gasteiger charge is 2.57. The van der Waals surface area contributed by atoms with Crippen LogP contribution in [0.5, 0.6) is 5.75 Å². The fraction of sp³-hybridized carbons (Fsp3) is 0.409. The van der Waals surface area contributed by atoms with Crippen molar-refractivity contribution in [3.8, 4) is 5.75 Å². The van der Waals surface area contributed by atoms with E-state index in [9.17, 15) is 23.1 Å². The van der Waals surface area contributed by atoms with Crippen LogP contribution in [0.25, 0.3) is 0 Å². The maximum atomic E-state index is 13.5. The van der Waals surface area contributed by atoms with Gasteiger partial charge in [-0.25, -0.2) is 4.98 Å². The van der Waals surface area contributed by atoms with E-state index in [-0.39, 0.29) is 13.0 Å². The zero-order chi connectivity index (χ0) is 24.2. The number of aryl methyl sites for hydroxylation is 3. The summed E-state index contributed by atoms with van der Waals surface area (Å²) in [4.78, 5) is 15.8. The van der Waals surface area contributed by atoms with Crippen molar-refractivity contribution in [3.05, 3.63) is 65.1 Å². The lowest BCUT2D eigenvalue weighted by Gasteiger charge is -2.30. The molecular weight excluding hydrogens is 441 g/mol. The first kappa shape index (κ1) is 24.3. The van der Waals surface area contributed by atoms with E-state index in [1.54, 1.807) is 31.2 Å². The summed E-state index contributed by atoms with van der Waals surface area (Å²) in [5, 5.41) is 16.6. The Morgan fingerprint density at radius 1 is 1.24 bits per heavy atom. The minimum atomic E-state index is -4.95. The second kappa shape index (κ2) is 9.65. The van der Waals surface area contributed by atoms with Gasteiger partial charge in [0.1, 0.15) is 23.9 Å². The normalized spacial score (nSPS) is 13.5. The molecule has 11 heteroatoms. The van der Waals surface area contributed by atoms with Crippen molar-refractivity contribution in [2.75, 3.05) is 6.54 Å². The van der Waals surface area contributed by atoms with Gasteiger partial charge in [-0.2, -0.15) is 13.2 Å². The quantitative estimate of drug-likeness (QED) is 0.503. The molecule has 33 heavy (non-hydrogen) atoms. The van der Waals surface area contributed by atoms with Crippen LogP contribution < -0.4 is 10.1 Å². The molecule has 0 bridgehead atoms. The van der Waals surface area contributed by atoms with Crippen molar-refractivity contribution < 1.29 is 32.3 Å².